The molecule has 1 aliphatic rings. The summed E-state index contributed by atoms with van der Waals surface area (Å²) in [5, 5.41) is 6.34. The van der Waals surface area contributed by atoms with E-state index in [9.17, 15) is 4.79 Å². The minimum atomic E-state index is 0.129. The molecule has 0 radical (unpaired) electrons. The molecule has 2 N–H and O–H groups in total. The van der Waals surface area contributed by atoms with Gasteiger partial charge in [-0.2, -0.15) is 0 Å². The van der Waals surface area contributed by atoms with E-state index in [2.05, 4.69) is 48.7 Å². The van der Waals surface area contributed by atoms with Gasteiger partial charge in [0.1, 0.15) is 0 Å². The van der Waals surface area contributed by atoms with Crippen LogP contribution in [0.15, 0.2) is 24.3 Å². The molecule has 0 spiro atoms. The average Bonchev–Trinajstić information content (AvgIpc) is 2.90. The third kappa shape index (κ3) is 4.35. The number of carbonyl (C=O) groups is 1. The number of nitrogens with one attached hydrogen (secondary N) is 2. The predicted octanol–water partition coefficient (Wildman–Crippen LogP) is 2.08. The van der Waals surface area contributed by atoms with E-state index in [-0.39, 0.29) is 5.91 Å². The van der Waals surface area contributed by atoms with E-state index >= 15 is 0 Å². The number of amides is 1. The summed E-state index contributed by atoms with van der Waals surface area (Å²) in [6, 6.07) is 8.36. The second kappa shape index (κ2) is 6.71. The van der Waals surface area contributed by atoms with Gasteiger partial charge in [0.25, 0.3) is 0 Å². The first-order chi connectivity index (χ1) is 9.15. The molecule has 1 atom stereocenters. The molecule has 19 heavy (non-hydrogen) atoms. The Kier molecular flexibility index (Phi) is 4.97. The fourth-order valence-electron chi connectivity index (χ4n) is 2.42. The second-order valence-electron chi connectivity index (χ2n) is 5.74. The van der Waals surface area contributed by atoms with Gasteiger partial charge in [-0.25, -0.2) is 0 Å². The van der Waals surface area contributed by atoms with E-state index in [1.807, 2.05) is 0 Å². The molecule has 0 bridgehead atoms. The smallest absolute Gasteiger partial charge is 0.224 e. The molecule has 1 aliphatic heterocycles. The second-order valence-corrected chi connectivity index (χ2v) is 5.74. The molecule has 1 aromatic rings. The predicted molar refractivity (Wildman–Crippen MR) is 78.2 cm³/mol. The Labute approximate surface area is 115 Å². The highest BCUT2D eigenvalue weighted by atomic mass is 16.1. The van der Waals surface area contributed by atoms with Crippen LogP contribution < -0.4 is 10.6 Å². The molecular weight excluding hydrogens is 236 g/mol. The first-order valence-electron chi connectivity index (χ1n) is 7.21. The lowest BCUT2D eigenvalue weighted by atomic mass is 10.0. The molecule has 104 valence electrons. The lowest BCUT2D eigenvalue weighted by molar-refractivity contribution is -0.120. The van der Waals surface area contributed by atoms with Crippen LogP contribution in [0.5, 0.6) is 0 Å². The number of benzene rings is 1. The molecule has 0 saturated carbocycles. The molecule has 1 aromatic carbocycles. The van der Waals surface area contributed by atoms with Gasteiger partial charge in [-0.3, -0.25) is 4.79 Å². The fourth-order valence-corrected chi connectivity index (χ4v) is 2.42. The SMILES string of the molecule is CC(C)c1ccc(CC(=O)NCC2CCNC2)cc1. The van der Waals surface area contributed by atoms with Gasteiger partial charge in [-0.1, -0.05) is 38.1 Å². The normalized spacial score (nSPS) is 18.8. The molecular formula is C16H24N2O. The van der Waals surface area contributed by atoms with Gasteiger partial charge >= 0.3 is 0 Å². The topological polar surface area (TPSA) is 41.1 Å². The van der Waals surface area contributed by atoms with Gasteiger partial charge in [-0.15, -0.1) is 0 Å². The van der Waals surface area contributed by atoms with Gasteiger partial charge in [-0.05, 0) is 42.5 Å². The molecule has 0 aromatic heterocycles. The van der Waals surface area contributed by atoms with Crippen molar-refractivity contribution in [3.63, 3.8) is 0 Å². The summed E-state index contributed by atoms with van der Waals surface area (Å²) < 4.78 is 0. The average molecular weight is 260 g/mol. The van der Waals surface area contributed by atoms with E-state index in [1.165, 1.54) is 12.0 Å². The maximum atomic E-state index is 11.9. The van der Waals surface area contributed by atoms with Gasteiger partial charge in [0.2, 0.25) is 5.91 Å². The zero-order valence-electron chi connectivity index (χ0n) is 11.9. The summed E-state index contributed by atoms with van der Waals surface area (Å²) in [5.41, 5.74) is 2.41. The molecule has 1 fully saturated rings. The summed E-state index contributed by atoms with van der Waals surface area (Å²) in [4.78, 5) is 11.9. The summed E-state index contributed by atoms with van der Waals surface area (Å²) in [6.45, 7) is 7.27. The van der Waals surface area contributed by atoms with E-state index in [1.54, 1.807) is 0 Å². The van der Waals surface area contributed by atoms with Crippen LogP contribution in [-0.4, -0.2) is 25.5 Å². The first-order valence-corrected chi connectivity index (χ1v) is 7.21. The molecule has 1 saturated heterocycles. The number of rotatable bonds is 5. The highest BCUT2D eigenvalue weighted by molar-refractivity contribution is 5.78. The summed E-state index contributed by atoms with van der Waals surface area (Å²) >= 11 is 0. The minimum Gasteiger partial charge on any atom is -0.355 e. The van der Waals surface area contributed by atoms with Crippen molar-refractivity contribution >= 4 is 5.91 Å². The van der Waals surface area contributed by atoms with Crippen molar-refractivity contribution in [1.29, 1.82) is 0 Å². The quantitative estimate of drug-likeness (QED) is 0.851. The van der Waals surface area contributed by atoms with Crippen molar-refractivity contribution in [1.82, 2.24) is 10.6 Å². The molecule has 1 heterocycles. The Morgan fingerprint density at radius 1 is 1.37 bits per heavy atom. The van der Waals surface area contributed by atoms with Gasteiger partial charge in [0.05, 0.1) is 6.42 Å². The summed E-state index contributed by atoms with van der Waals surface area (Å²) in [6.07, 6.45) is 1.65. The molecule has 3 nitrogen and oxygen atoms in total. The van der Waals surface area contributed by atoms with Crippen LogP contribution in [0.25, 0.3) is 0 Å². The van der Waals surface area contributed by atoms with Crippen LogP contribution in [0.3, 0.4) is 0 Å². The Balaban J connectivity index is 1.77. The van der Waals surface area contributed by atoms with Crippen molar-refractivity contribution in [3.05, 3.63) is 35.4 Å². The molecule has 1 amide bonds. The standard InChI is InChI=1S/C16H24N2O/c1-12(2)15-5-3-13(4-6-15)9-16(19)18-11-14-7-8-17-10-14/h3-6,12,14,17H,7-11H2,1-2H3,(H,18,19). The Hall–Kier alpha value is -1.35. The fraction of sp³-hybridized carbons (Fsp3) is 0.562. The maximum Gasteiger partial charge on any atom is 0.224 e. The van der Waals surface area contributed by atoms with Crippen LogP contribution in [0, 0.1) is 5.92 Å². The van der Waals surface area contributed by atoms with Gasteiger partial charge in [0.15, 0.2) is 0 Å². The lowest BCUT2D eigenvalue weighted by Crippen LogP contribution is -2.31. The third-order valence-electron chi connectivity index (χ3n) is 3.76. The zero-order valence-corrected chi connectivity index (χ0v) is 11.9. The van der Waals surface area contributed by atoms with E-state index in [4.69, 9.17) is 0 Å². The van der Waals surface area contributed by atoms with Crippen molar-refractivity contribution in [2.24, 2.45) is 5.92 Å². The minimum absolute atomic E-state index is 0.129. The van der Waals surface area contributed by atoms with Crippen LogP contribution in [-0.2, 0) is 11.2 Å². The van der Waals surface area contributed by atoms with E-state index < -0.39 is 0 Å². The first kappa shape index (κ1) is 14.1. The van der Waals surface area contributed by atoms with Crippen LogP contribution in [0.4, 0.5) is 0 Å². The van der Waals surface area contributed by atoms with E-state index in [0.29, 0.717) is 18.3 Å². The van der Waals surface area contributed by atoms with Gasteiger partial charge in [0, 0.05) is 6.54 Å². The largest absolute Gasteiger partial charge is 0.355 e. The molecule has 3 heteroatoms. The Bertz CT molecular complexity index is 405. The Morgan fingerprint density at radius 3 is 2.68 bits per heavy atom. The van der Waals surface area contributed by atoms with Crippen LogP contribution >= 0.6 is 0 Å². The van der Waals surface area contributed by atoms with Crippen molar-refractivity contribution in [2.75, 3.05) is 19.6 Å². The maximum absolute atomic E-state index is 11.9. The van der Waals surface area contributed by atoms with Crippen molar-refractivity contribution in [3.8, 4) is 0 Å². The summed E-state index contributed by atoms with van der Waals surface area (Å²) in [7, 11) is 0. The van der Waals surface area contributed by atoms with Crippen molar-refractivity contribution < 1.29 is 4.79 Å². The highest BCUT2D eigenvalue weighted by Gasteiger charge is 2.15. The lowest BCUT2D eigenvalue weighted by Gasteiger charge is -2.10. The highest BCUT2D eigenvalue weighted by Crippen LogP contribution is 2.15. The zero-order chi connectivity index (χ0) is 13.7. The number of carbonyl (C=O) groups excluding carboxylic acids is 1. The van der Waals surface area contributed by atoms with E-state index in [0.717, 1.165) is 25.2 Å². The molecule has 1 unspecified atom stereocenters. The number of hydrogen-bond donors (Lipinski definition) is 2. The summed E-state index contributed by atoms with van der Waals surface area (Å²) in [5.74, 6) is 1.27. The molecule has 2 rings (SSSR count). The van der Waals surface area contributed by atoms with Crippen molar-refractivity contribution in [2.45, 2.75) is 32.6 Å². The van der Waals surface area contributed by atoms with Crippen LogP contribution in [0.1, 0.15) is 37.3 Å². The Morgan fingerprint density at radius 2 is 2.11 bits per heavy atom. The van der Waals surface area contributed by atoms with Gasteiger partial charge < -0.3 is 10.6 Å². The monoisotopic (exact) mass is 260 g/mol. The number of hydrogen-bond acceptors (Lipinski definition) is 2. The molecule has 0 aliphatic carbocycles. The third-order valence-corrected chi connectivity index (χ3v) is 3.76. The van der Waals surface area contributed by atoms with Crippen LogP contribution in [0.2, 0.25) is 0 Å².